The number of benzene rings is 3. The van der Waals surface area contributed by atoms with Crippen molar-refractivity contribution in [1.82, 2.24) is 14.8 Å². The third-order valence-corrected chi connectivity index (χ3v) is 5.69. The maximum absolute atomic E-state index is 12.9. The quantitative estimate of drug-likeness (QED) is 0.311. The molecular weight excluding hydrogens is 532 g/mol. The van der Waals surface area contributed by atoms with Crippen LogP contribution in [-0.4, -0.2) is 20.7 Å². The summed E-state index contributed by atoms with van der Waals surface area (Å²) in [6, 6.07) is 20.5. The molecule has 3 aromatic carbocycles. The van der Waals surface area contributed by atoms with Crippen LogP contribution in [-0.2, 0) is 0 Å². The van der Waals surface area contributed by atoms with E-state index in [0.29, 0.717) is 16.5 Å². The topological polar surface area (TPSA) is 59.8 Å². The van der Waals surface area contributed by atoms with Gasteiger partial charge in [0.05, 0.1) is 5.69 Å². The Labute approximate surface area is 195 Å². The number of aryl methyl sites for hydroxylation is 1. The van der Waals surface area contributed by atoms with E-state index in [1.54, 1.807) is 16.8 Å². The lowest BCUT2D eigenvalue weighted by Gasteiger charge is -2.07. The summed E-state index contributed by atoms with van der Waals surface area (Å²) in [5.74, 6) is 0.239. The van der Waals surface area contributed by atoms with Crippen molar-refractivity contribution < 1.29 is 4.79 Å². The summed E-state index contributed by atoms with van der Waals surface area (Å²) >= 11 is 12.9. The predicted molar refractivity (Wildman–Crippen MR) is 126 cm³/mol. The normalized spacial score (nSPS) is 10.8. The lowest BCUT2D eigenvalue weighted by Crippen LogP contribution is -2.15. The Bertz CT molecular complexity index is 1160. The summed E-state index contributed by atoms with van der Waals surface area (Å²) in [5.41, 5.74) is 3.22. The highest BCUT2D eigenvalue weighted by atomic mass is 79.9. The Kier molecular flexibility index (Phi) is 6.04. The van der Waals surface area contributed by atoms with Crippen molar-refractivity contribution in [3.63, 3.8) is 0 Å². The van der Waals surface area contributed by atoms with E-state index in [4.69, 9.17) is 11.6 Å². The molecule has 5 nitrogen and oxygen atoms in total. The van der Waals surface area contributed by atoms with Gasteiger partial charge < -0.3 is 5.32 Å². The van der Waals surface area contributed by atoms with Crippen LogP contribution in [0.3, 0.4) is 0 Å². The molecule has 0 radical (unpaired) electrons. The Morgan fingerprint density at radius 2 is 1.63 bits per heavy atom. The highest BCUT2D eigenvalue weighted by molar-refractivity contribution is 9.10. The third kappa shape index (κ3) is 4.48. The molecule has 8 heteroatoms. The highest BCUT2D eigenvalue weighted by Gasteiger charge is 2.19. The first kappa shape index (κ1) is 20.8. The van der Waals surface area contributed by atoms with E-state index >= 15 is 0 Å². The largest absolute Gasteiger partial charge is 0.319 e. The van der Waals surface area contributed by atoms with Crippen molar-refractivity contribution in [2.45, 2.75) is 6.92 Å². The lowest BCUT2D eigenvalue weighted by atomic mass is 10.2. The van der Waals surface area contributed by atoms with Crippen LogP contribution in [0.2, 0.25) is 5.02 Å². The number of carbonyl (C=O) groups is 1. The number of hydrogen-bond donors (Lipinski definition) is 1. The Balaban J connectivity index is 1.75. The zero-order chi connectivity index (χ0) is 21.3. The Morgan fingerprint density at radius 3 is 2.30 bits per heavy atom. The molecule has 0 aliphatic carbocycles. The fraction of sp³-hybridized carbons (Fsp3) is 0.0455. The van der Waals surface area contributed by atoms with E-state index in [2.05, 4.69) is 47.3 Å². The monoisotopic (exact) mass is 544 g/mol. The zero-order valence-corrected chi connectivity index (χ0v) is 19.7. The number of rotatable bonds is 4. The molecule has 0 fully saturated rings. The molecule has 30 heavy (non-hydrogen) atoms. The minimum absolute atomic E-state index is 0.0742. The molecule has 0 saturated carbocycles. The van der Waals surface area contributed by atoms with E-state index < -0.39 is 0 Å². The lowest BCUT2D eigenvalue weighted by molar-refractivity contribution is 0.101. The summed E-state index contributed by atoms with van der Waals surface area (Å²) < 4.78 is 3.54. The van der Waals surface area contributed by atoms with Gasteiger partial charge in [-0.3, -0.25) is 4.79 Å². The van der Waals surface area contributed by atoms with Gasteiger partial charge in [-0.05, 0) is 79.2 Å². The van der Waals surface area contributed by atoms with Gasteiger partial charge in [0.15, 0.2) is 5.82 Å². The molecule has 0 atom stereocenters. The molecule has 0 aliphatic rings. The number of carbonyl (C=O) groups excluding carboxylic acids is 1. The van der Waals surface area contributed by atoms with Crippen LogP contribution in [0.15, 0.2) is 75.7 Å². The minimum atomic E-state index is -0.383. The number of hydrogen-bond acceptors (Lipinski definition) is 3. The van der Waals surface area contributed by atoms with Crippen LogP contribution in [0.1, 0.15) is 16.2 Å². The molecule has 1 amide bonds. The smallest absolute Gasteiger partial charge is 0.295 e. The standard InChI is InChI=1S/C22H15Br2ClN4O/c1-13-12-16(24)6-11-19(13)26-22(30)20-27-21(14-2-7-17(25)8-3-14)29(28-20)18-9-4-15(23)5-10-18/h2-12H,1H3,(H,26,30). The molecule has 0 unspecified atom stereocenters. The highest BCUT2D eigenvalue weighted by Crippen LogP contribution is 2.25. The number of amides is 1. The van der Waals surface area contributed by atoms with E-state index in [9.17, 15) is 4.79 Å². The van der Waals surface area contributed by atoms with Crippen molar-refractivity contribution >= 4 is 55.1 Å². The molecule has 0 saturated heterocycles. The van der Waals surface area contributed by atoms with E-state index in [1.807, 2.05) is 61.5 Å². The van der Waals surface area contributed by atoms with E-state index in [0.717, 1.165) is 25.8 Å². The fourth-order valence-electron chi connectivity index (χ4n) is 2.90. The molecule has 150 valence electrons. The van der Waals surface area contributed by atoms with Gasteiger partial charge in [-0.15, -0.1) is 5.10 Å². The van der Waals surface area contributed by atoms with Gasteiger partial charge in [0.2, 0.25) is 5.82 Å². The second-order valence-corrected chi connectivity index (χ2v) is 8.84. The Hall–Kier alpha value is -2.48. The molecule has 4 aromatic rings. The van der Waals surface area contributed by atoms with Crippen LogP contribution in [0.5, 0.6) is 0 Å². The molecular formula is C22H15Br2ClN4O. The van der Waals surface area contributed by atoms with Gasteiger partial charge in [0.1, 0.15) is 0 Å². The minimum Gasteiger partial charge on any atom is -0.319 e. The average Bonchev–Trinajstić information content (AvgIpc) is 3.17. The van der Waals surface area contributed by atoms with Crippen LogP contribution in [0, 0.1) is 6.92 Å². The summed E-state index contributed by atoms with van der Waals surface area (Å²) in [4.78, 5) is 17.4. The molecule has 0 bridgehead atoms. The van der Waals surface area contributed by atoms with E-state index in [-0.39, 0.29) is 11.7 Å². The van der Waals surface area contributed by atoms with Gasteiger partial charge in [-0.1, -0.05) is 43.5 Å². The summed E-state index contributed by atoms with van der Waals surface area (Å²) in [5, 5.41) is 8.00. The molecule has 0 spiro atoms. The average molecular weight is 547 g/mol. The van der Waals surface area contributed by atoms with Gasteiger partial charge in [-0.25, -0.2) is 9.67 Å². The van der Waals surface area contributed by atoms with Crippen LogP contribution < -0.4 is 5.32 Å². The SMILES string of the molecule is Cc1cc(Br)ccc1NC(=O)c1nc(-c2ccc(Cl)cc2)n(-c2ccc(Br)cc2)n1. The van der Waals surface area contributed by atoms with Gasteiger partial charge in [-0.2, -0.15) is 0 Å². The molecule has 0 aliphatic heterocycles. The first-order chi connectivity index (χ1) is 14.4. The van der Waals surface area contributed by atoms with Gasteiger partial charge in [0, 0.05) is 25.2 Å². The molecule has 4 rings (SSSR count). The maximum atomic E-state index is 12.9. The van der Waals surface area contributed by atoms with Crippen molar-refractivity contribution in [2.75, 3.05) is 5.32 Å². The summed E-state index contributed by atoms with van der Waals surface area (Å²) in [7, 11) is 0. The third-order valence-electron chi connectivity index (χ3n) is 4.42. The Morgan fingerprint density at radius 1 is 0.967 bits per heavy atom. The first-order valence-corrected chi connectivity index (χ1v) is 10.9. The van der Waals surface area contributed by atoms with Crippen molar-refractivity contribution in [3.8, 4) is 17.1 Å². The van der Waals surface area contributed by atoms with Crippen LogP contribution in [0.25, 0.3) is 17.1 Å². The number of nitrogens with zero attached hydrogens (tertiary/aromatic N) is 3. The van der Waals surface area contributed by atoms with Gasteiger partial charge >= 0.3 is 0 Å². The first-order valence-electron chi connectivity index (χ1n) is 8.97. The number of halogens is 3. The van der Waals surface area contributed by atoms with Crippen molar-refractivity contribution in [2.24, 2.45) is 0 Å². The van der Waals surface area contributed by atoms with E-state index in [1.165, 1.54) is 0 Å². The molecule has 1 aromatic heterocycles. The second kappa shape index (κ2) is 8.71. The van der Waals surface area contributed by atoms with Crippen LogP contribution >= 0.6 is 43.5 Å². The maximum Gasteiger partial charge on any atom is 0.295 e. The predicted octanol–water partition coefficient (Wildman–Crippen LogP) is 6.67. The zero-order valence-electron chi connectivity index (χ0n) is 15.7. The fourth-order valence-corrected chi connectivity index (χ4v) is 3.77. The second-order valence-electron chi connectivity index (χ2n) is 6.57. The number of nitrogens with one attached hydrogen (secondary N) is 1. The number of aromatic nitrogens is 3. The molecule has 1 N–H and O–H groups in total. The summed E-state index contributed by atoms with van der Waals surface area (Å²) in [6.07, 6.45) is 0. The van der Waals surface area contributed by atoms with Crippen molar-refractivity contribution in [3.05, 3.63) is 92.1 Å². The van der Waals surface area contributed by atoms with Gasteiger partial charge in [0.25, 0.3) is 5.91 Å². The summed E-state index contributed by atoms with van der Waals surface area (Å²) in [6.45, 7) is 1.92. The van der Waals surface area contributed by atoms with Crippen LogP contribution in [0.4, 0.5) is 5.69 Å². The molecule has 1 heterocycles. The number of anilines is 1. The van der Waals surface area contributed by atoms with Crippen molar-refractivity contribution in [1.29, 1.82) is 0 Å².